The van der Waals surface area contributed by atoms with Crippen molar-refractivity contribution >= 4 is 11.0 Å². The van der Waals surface area contributed by atoms with E-state index in [1.807, 2.05) is 0 Å². The van der Waals surface area contributed by atoms with Gasteiger partial charge in [-0.1, -0.05) is 12.1 Å². The monoisotopic (exact) mass is 288 g/mol. The van der Waals surface area contributed by atoms with Crippen LogP contribution >= 0.6 is 0 Å². The Labute approximate surface area is 120 Å². The number of hydrazine groups is 1. The summed E-state index contributed by atoms with van der Waals surface area (Å²) in [7, 11) is 0. The summed E-state index contributed by atoms with van der Waals surface area (Å²) in [4.78, 5) is 0. The van der Waals surface area contributed by atoms with E-state index in [0.29, 0.717) is 27.9 Å². The van der Waals surface area contributed by atoms with E-state index in [4.69, 9.17) is 10.3 Å². The minimum absolute atomic E-state index is 0.310. The summed E-state index contributed by atoms with van der Waals surface area (Å²) in [6.07, 6.45) is 0. The lowest BCUT2D eigenvalue weighted by atomic mass is 10.0. The van der Waals surface area contributed by atoms with Gasteiger partial charge in [0.25, 0.3) is 0 Å². The second-order valence-corrected chi connectivity index (χ2v) is 4.94. The quantitative estimate of drug-likeness (QED) is 0.572. The highest BCUT2D eigenvalue weighted by Gasteiger charge is 2.18. The third-order valence-electron chi connectivity index (χ3n) is 3.48. The van der Waals surface area contributed by atoms with Gasteiger partial charge >= 0.3 is 0 Å². The largest absolute Gasteiger partial charge is 0.459 e. The molecule has 0 aliphatic heterocycles. The van der Waals surface area contributed by atoms with Crippen molar-refractivity contribution in [1.82, 2.24) is 5.43 Å². The van der Waals surface area contributed by atoms with Crippen LogP contribution in [0.25, 0.3) is 11.0 Å². The molecular formula is C16H14F2N2O. The number of furan rings is 1. The molecule has 1 unspecified atom stereocenters. The molecule has 0 aliphatic carbocycles. The van der Waals surface area contributed by atoms with Gasteiger partial charge in [0.05, 0.1) is 0 Å². The van der Waals surface area contributed by atoms with Crippen molar-refractivity contribution in [3.8, 4) is 0 Å². The van der Waals surface area contributed by atoms with E-state index >= 15 is 0 Å². The lowest BCUT2D eigenvalue weighted by Gasteiger charge is -2.14. The molecule has 3 N–H and O–H groups in total. The van der Waals surface area contributed by atoms with Gasteiger partial charge in [-0.15, -0.1) is 0 Å². The number of aryl methyl sites for hydroxylation is 1. The molecule has 1 atom stereocenters. The van der Waals surface area contributed by atoms with Gasteiger partial charge in [0, 0.05) is 5.39 Å². The summed E-state index contributed by atoms with van der Waals surface area (Å²) in [6, 6.07) is 10.3. The molecule has 0 aliphatic rings. The van der Waals surface area contributed by atoms with Crippen LogP contribution in [-0.2, 0) is 0 Å². The van der Waals surface area contributed by atoms with E-state index in [9.17, 15) is 8.78 Å². The van der Waals surface area contributed by atoms with Crippen LogP contribution in [0.3, 0.4) is 0 Å². The number of hydrogen-bond donors (Lipinski definition) is 2. The molecule has 108 valence electrons. The number of nitrogens with two attached hydrogens (primary N) is 1. The lowest BCUT2D eigenvalue weighted by Crippen LogP contribution is -2.28. The second kappa shape index (κ2) is 5.27. The number of rotatable bonds is 3. The zero-order valence-electron chi connectivity index (χ0n) is 11.4. The van der Waals surface area contributed by atoms with E-state index in [0.717, 1.165) is 0 Å². The summed E-state index contributed by atoms with van der Waals surface area (Å²) >= 11 is 0. The maximum atomic E-state index is 13.7. The molecule has 3 aromatic rings. The number of benzene rings is 2. The Morgan fingerprint density at radius 3 is 2.62 bits per heavy atom. The fraction of sp³-hybridized carbons (Fsp3) is 0.125. The number of fused-ring (bicyclic) bond motifs is 1. The number of hydrogen-bond acceptors (Lipinski definition) is 3. The maximum Gasteiger partial charge on any atom is 0.134 e. The van der Waals surface area contributed by atoms with Crippen molar-refractivity contribution in [2.45, 2.75) is 13.0 Å². The highest BCUT2D eigenvalue weighted by molar-refractivity contribution is 5.78. The third kappa shape index (κ3) is 2.53. The van der Waals surface area contributed by atoms with Gasteiger partial charge in [0.2, 0.25) is 0 Å². The Morgan fingerprint density at radius 1 is 1.10 bits per heavy atom. The molecule has 0 saturated carbocycles. The van der Waals surface area contributed by atoms with E-state index in [1.54, 1.807) is 31.2 Å². The first kappa shape index (κ1) is 13.7. The molecule has 1 heterocycles. The minimum atomic E-state index is -0.504. The summed E-state index contributed by atoms with van der Waals surface area (Å²) in [5.41, 5.74) is 4.35. The molecule has 3 nitrogen and oxygen atoms in total. The van der Waals surface area contributed by atoms with Crippen molar-refractivity contribution in [2.75, 3.05) is 0 Å². The van der Waals surface area contributed by atoms with Crippen molar-refractivity contribution in [3.63, 3.8) is 0 Å². The predicted octanol–water partition coefficient (Wildman–Crippen LogP) is 3.57. The number of nitrogens with one attached hydrogen (secondary N) is 1. The zero-order valence-corrected chi connectivity index (χ0v) is 11.4. The Bertz CT molecular complexity index is 798. The summed E-state index contributed by atoms with van der Waals surface area (Å²) in [5.74, 6) is 5.42. The van der Waals surface area contributed by atoms with Crippen molar-refractivity contribution < 1.29 is 13.2 Å². The zero-order chi connectivity index (χ0) is 15.0. The van der Waals surface area contributed by atoms with Crippen LogP contribution < -0.4 is 11.3 Å². The third-order valence-corrected chi connectivity index (χ3v) is 3.48. The van der Waals surface area contributed by atoms with Crippen LogP contribution in [0, 0.1) is 18.6 Å². The molecule has 0 spiro atoms. The Hall–Kier alpha value is -2.24. The molecule has 0 radical (unpaired) electrons. The topological polar surface area (TPSA) is 51.2 Å². The van der Waals surface area contributed by atoms with Gasteiger partial charge in [0.15, 0.2) is 0 Å². The highest BCUT2D eigenvalue weighted by Crippen LogP contribution is 2.29. The van der Waals surface area contributed by atoms with Gasteiger partial charge in [-0.05, 0) is 48.4 Å². The molecular weight excluding hydrogens is 274 g/mol. The highest BCUT2D eigenvalue weighted by atomic mass is 19.1. The standard InChI is InChI=1S/C16H14F2N2O/c1-9-2-3-10(7-13(9)18)16(20-19)15-8-11-6-12(17)4-5-14(11)21-15/h2-8,16,20H,19H2,1H3. The molecule has 3 rings (SSSR count). The van der Waals surface area contributed by atoms with Gasteiger partial charge in [0.1, 0.15) is 29.0 Å². The van der Waals surface area contributed by atoms with Gasteiger partial charge < -0.3 is 4.42 Å². The molecule has 21 heavy (non-hydrogen) atoms. The van der Waals surface area contributed by atoms with Crippen LogP contribution in [-0.4, -0.2) is 0 Å². The first-order chi connectivity index (χ1) is 10.1. The average Bonchev–Trinajstić information content (AvgIpc) is 2.86. The van der Waals surface area contributed by atoms with Crippen LogP contribution in [0.5, 0.6) is 0 Å². The summed E-state index contributed by atoms with van der Waals surface area (Å²) < 4.78 is 32.6. The van der Waals surface area contributed by atoms with E-state index < -0.39 is 6.04 Å². The van der Waals surface area contributed by atoms with Crippen LogP contribution in [0.15, 0.2) is 46.9 Å². The van der Waals surface area contributed by atoms with Gasteiger partial charge in [-0.25, -0.2) is 14.2 Å². The summed E-state index contributed by atoms with van der Waals surface area (Å²) in [6.45, 7) is 1.69. The molecule has 0 saturated heterocycles. The van der Waals surface area contributed by atoms with Crippen molar-refractivity contribution in [3.05, 3.63) is 71.0 Å². The first-order valence-corrected chi connectivity index (χ1v) is 6.49. The summed E-state index contributed by atoms with van der Waals surface area (Å²) in [5, 5.41) is 0.637. The fourth-order valence-corrected chi connectivity index (χ4v) is 2.31. The van der Waals surface area contributed by atoms with Gasteiger partial charge in [-0.2, -0.15) is 0 Å². The predicted molar refractivity (Wildman–Crippen MR) is 76.5 cm³/mol. The van der Waals surface area contributed by atoms with E-state index in [1.165, 1.54) is 18.2 Å². The smallest absolute Gasteiger partial charge is 0.134 e. The van der Waals surface area contributed by atoms with E-state index in [2.05, 4.69) is 5.43 Å². The van der Waals surface area contributed by atoms with Crippen molar-refractivity contribution in [1.29, 1.82) is 0 Å². The second-order valence-electron chi connectivity index (χ2n) is 4.94. The van der Waals surface area contributed by atoms with Gasteiger partial charge in [-0.3, -0.25) is 5.84 Å². The Balaban J connectivity index is 2.06. The normalized spacial score (nSPS) is 12.8. The molecule has 5 heteroatoms. The maximum absolute atomic E-state index is 13.7. The number of halogens is 2. The SMILES string of the molecule is Cc1ccc(C(NN)c2cc3cc(F)ccc3o2)cc1F. The van der Waals surface area contributed by atoms with Crippen LogP contribution in [0.2, 0.25) is 0 Å². The Kier molecular flexibility index (Phi) is 3.45. The molecule has 2 aromatic carbocycles. The van der Waals surface area contributed by atoms with Crippen LogP contribution in [0.1, 0.15) is 22.9 Å². The van der Waals surface area contributed by atoms with Crippen molar-refractivity contribution in [2.24, 2.45) is 5.84 Å². The first-order valence-electron chi connectivity index (χ1n) is 6.49. The van der Waals surface area contributed by atoms with E-state index in [-0.39, 0.29) is 11.6 Å². The molecule has 0 amide bonds. The van der Waals surface area contributed by atoms with Crippen LogP contribution in [0.4, 0.5) is 8.78 Å². The molecule has 0 fully saturated rings. The minimum Gasteiger partial charge on any atom is -0.459 e. The Morgan fingerprint density at radius 2 is 1.90 bits per heavy atom. The molecule has 1 aromatic heterocycles. The fourth-order valence-electron chi connectivity index (χ4n) is 2.31. The lowest BCUT2D eigenvalue weighted by molar-refractivity contribution is 0.475. The molecule has 0 bridgehead atoms. The average molecular weight is 288 g/mol.